The molecule has 0 fully saturated rings. The Morgan fingerprint density at radius 1 is 1.30 bits per heavy atom. The standard InChI is InChI=1S/C14H15N3O2S/c1-10-8-13(17-14(15-10)20-2)19-9-12(18)16-11-6-4-3-5-7-11/h3-8H,9H2,1-2H3,(H,16,18). The maximum atomic E-state index is 11.7. The van der Waals surface area contributed by atoms with Crippen LogP contribution in [0.5, 0.6) is 5.88 Å². The number of aromatic nitrogens is 2. The van der Waals surface area contributed by atoms with Crippen LogP contribution in [-0.4, -0.2) is 28.7 Å². The number of ether oxygens (including phenoxy) is 1. The fourth-order valence-electron chi connectivity index (χ4n) is 1.54. The molecular formula is C14H15N3O2S. The van der Waals surface area contributed by atoms with E-state index in [1.54, 1.807) is 6.07 Å². The van der Waals surface area contributed by atoms with Crippen LogP contribution in [0.1, 0.15) is 5.69 Å². The molecule has 1 aromatic heterocycles. The normalized spacial score (nSPS) is 10.1. The highest BCUT2D eigenvalue weighted by Crippen LogP contribution is 2.15. The Labute approximate surface area is 121 Å². The molecule has 0 saturated heterocycles. The van der Waals surface area contributed by atoms with Gasteiger partial charge >= 0.3 is 0 Å². The van der Waals surface area contributed by atoms with E-state index in [0.717, 1.165) is 11.4 Å². The molecule has 1 amide bonds. The largest absolute Gasteiger partial charge is 0.467 e. The number of rotatable bonds is 5. The van der Waals surface area contributed by atoms with Crippen LogP contribution in [-0.2, 0) is 4.79 Å². The number of hydrogen-bond donors (Lipinski definition) is 1. The van der Waals surface area contributed by atoms with E-state index in [1.807, 2.05) is 43.5 Å². The van der Waals surface area contributed by atoms with E-state index < -0.39 is 0 Å². The predicted molar refractivity (Wildman–Crippen MR) is 79.1 cm³/mol. The summed E-state index contributed by atoms with van der Waals surface area (Å²) in [5.74, 6) is 0.184. The molecule has 0 aliphatic heterocycles. The number of anilines is 1. The van der Waals surface area contributed by atoms with Crippen molar-refractivity contribution >= 4 is 23.4 Å². The van der Waals surface area contributed by atoms with E-state index in [2.05, 4.69) is 15.3 Å². The van der Waals surface area contributed by atoms with Gasteiger partial charge in [0.15, 0.2) is 11.8 Å². The first kappa shape index (κ1) is 14.3. The summed E-state index contributed by atoms with van der Waals surface area (Å²) in [7, 11) is 0. The number of aryl methyl sites for hydroxylation is 1. The number of benzene rings is 1. The van der Waals surface area contributed by atoms with E-state index in [1.165, 1.54) is 11.8 Å². The highest BCUT2D eigenvalue weighted by molar-refractivity contribution is 7.98. The van der Waals surface area contributed by atoms with Gasteiger partial charge in [-0.3, -0.25) is 4.79 Å². The molecule has 0 radical (unpaired) electrons. The van der Waals surface area contributed by atoms with Crippen LogP contribution in [0.2, 0.25) is 0 Å². The quantitative estimate of drug-likeness (QED) is 0.677. The third kappa shape index (κ3) is 4.24. The van der Waals surface area contributed by atoms with Gasteiger partial charge in [-0.2, -0.15) is 4.98 Å². The zero-order chi connectivity index (χ0) is 14.4. The smallest absolute Gasteiger partial charge is 0.262 e. The molecule has 104 valence electrons. The lowest BCUT2D eigenvalue weighted by atomic mass is 10.3. The fourth-order valence-corrected chi connectivity index (χ4v) is 1.95. The number of para-hydroxylation sites is 1. The van der Waals surface area contributed by atoms with Crippen molar-refractivity contribution in [1.82, 2.24) is 9.97 Å². The summed E-state index contributed by atoms with van der Waals surface area (Å²) in [6.07, 6.45) is 1.89. The number of amides is 1. The highest BCUT2D eigenvalue weighted by Gasteiger charge is 2.06. The van der Waals surface area contributed by atoms with Gasteiger partial charge in [0.05, 0.1) is 0 Å². The number of nitrogens with zero attached hydrogens (tertiary/aromatic N) is 2. The average Bonchev–Trinajstić information content (AvgIpc) is 2.45. The van der Waals surface area contributed by atoms with Crippen LogP contribution in [0.15, 0.2) is 41.6 Å². The van der Waals surface area contributed by atoms with Crippen LogP contribution in [0.3, 0.4) is 0 Å². The minimum atomic E-state index is -0.224. The number of hydrogen-bond acceptors (Lipinski definition) is 5. The molecular weight excluding hydrogens is 274 g/mol. The summed E-state index contributed by atoms with van der Waals surface area (Å²) in [5.41, 5.74) is 1.55. The van der Waals surface area contributed by atoms with Crippen LogP contribution in [0.4, 0.5) is 5.69 Å². The van der Waals surface area contributed by atoms with E-state index in [9.17, 15) is 4.79 Å². The van der Waals surface area contributed by atoms with Crippen LogP contribution >= 0.6 is 11.8 Å². The molecule has 0 aliphatic carbocycles. The van der Waals surface area contributed by atoms with Gasteiger partial charge in [-0.05, 0) is 25.3 Å². The summed E-state index contributed by atoms with van der Waals surface area (Å²) in [6, 6.07) is 10.9. The van der Waals surface area contributed by atoms with Gasteiger partial charge in [0.25, 0.3) is 5.91 Å². The lowest BCUT2D eigenvalue weighted by molar-refractivity contribution is -0.118. The second-order valence-electron chi connectivity index (χ2n) is 4.04. The van der Waals surface area contributed by atoms with Gasteiger partial charge in [-0.1, -0.05) is 30.0 Å². The highest BCUT2D eigenvalue weighted by atomic mass is 32.2. The van der Waals surface area contributed by atoms with Crippen molar-refractivity contribution in [2.75, 3.05) is 18.2 Å². The zero-order valence-electron chi connectivity index (χ0n) is 11.3. The molecule has 2 rings (SSSR count). The third-order valence-electron chi connectivity index (χ3n) is 2.40. The van der Waals surface area contributed by atoms with Crippen molar-refractivity contribution in [3.05, 3.63) is 42.1 Å². The average molecular weight is 289 g/mol. The molecule has 6 heteroatoms. The number of carbonyl (C=O) groups is 1. The van der Waals surface area contributed by atoms with Gasteiger partial charge < -0.3 is 10.1 Å². The van der Waals surface area contributed by atoms with Gasteiger partial charge in [0, 0.05) is 17.4 Å². The summed E-state index contributed by atoms with van der Waals surface area (Å²) >= 11 is 1.43. The Hall–Kier alpha value is -2.08. The Morgan fingerprint density at radius 2 is 2.05 bits per heavy atom. The maximum Gasteiger partial charge on any atom is 0.262 e. The minimum Gasteiger partial charge on any atom is -0.467 e. The van der Waals surface area contributed by atoms with Crippen LogP contribution < -0.4 is 10.1 Å². The second kappa shape index (κ2) is 6.91. The zero-order valence-corrected chi connectivity index (χ0v) is 12.1. The van der Waals surface area contributed by atoms with Crippen molar-refractivity contribution in [3.8, 4) is 5.88 Å². The molecule has 0 spiro atoms. The lowest BCUT2D eigenvalue weighted by Gasteiger charge is -2.08. The molecule has 0 bridgehead atoms. The second-order valence-corrected chi connectivity index (χ2v) is 4.81. The SMILES string of the molecule is CSc1nc(C)cc(OCC(=O)Nc2ccccc2)n1. The molecule has 1 heterocycles. The Morgan fingerprint density at radius 3 is 2.75 bits per heavy atom. The topological polar surface area (TPSA) is 64.1 Å². The van der Waals surface area contributed by atoms with Gasteiger partial charge in [0.1, 0.15) is 0 Å². The number of nitrogens with one attached hydrogen (secondary N) is 1. The Kier molecular flexibility index (Phi) is 4.95. The molecule has 1 N–H and O–H groups in total. The lowest BCUT2D eigenvalue weighted by Crippen LogP contribution is -2.20. The summed E-state index contributed by atoms with van der Waals surface area (Å²) in [5, 5.41) is 3.37. The molecule has 0 saturated carbocycles. The summed E-state index contributed by atoms with van der Waals surface area (Å²) < 4.78 is 5.39. The van der Waals surface area contributed by atoms with E-state index in [-0.39, 0.29) is 12.5 Å². The number of thioether (sulfide) groups is 1. The van der Waals surface area contributed by atoms with E-state index >= 15 is 0 Å². The molecule has 0 atom stereocenters. The first-order valence-electron chi connectivity index (χ1n) is 6.05. The minimum absolute atomic E-state index is 0.0842. The molecule has 1 aromatic carbocycles. The maximum absolute atomic E-state index is 11.7. The van der Waals surface area contributed by atoms with Crippen molar-refractivity contribution in [1.29, 1.82) is 0 Å². The molecule has 0 unspecified atom stereocenters. The first-order chi connectivity index (χ1) is 9.67. The van der Waals surface area contributed by atoms with Crippen molar-refractivity contribution in [2.45, 2.75) is 12.1 Å². The monoisotopic (exact) mass is 289 g/mol. The third-order valence-corrected chi connectivity index (χ3v) is 2.95. The van der Waals surface area contributed by atoms with Crippen molar-refractivity contribution in [2.24, 2.45) is 0 Å². The molecule has 2 aromatic rings. The summed E-state index contributed by atoms with van der Waals surface area (Å²) in [4.78, 5) is 20.1. The number of carbonyl (C=O) groups excluding carboxylic acids is 1. The van der Waals surface area contributed by atoms with E-state index in [4.69, 9.17) is 4.74 Å². The summed E-state index contributed by atoms with van der Waals surface area (Å²) in [6.45, 7) is 1.78. The first-order valence-corrected chi connectivity index (χ1v) is 7.27. The van der Waals surface area contributed by atoms with E-state index in [0.29, 0.717) is 11.0 Å². The predicted octanol–water partition coefficient (Wildman–Crippen LogP) is 2.52. The van der Waals surface area contributed by atoms with Gasteiger partial charge in [-0.25, -0.2) is 4.98 Å². The molecule has 5 nitrogen and oxygen atoms in total. The molecule has 0 aliphatic rings. The Bertz CT molecular complexity index is 590. The Balaban J connectivity index is 1.92. The van der Waals surface area contributed by atoms with Crippen molar-refractivity contribution < 1.29 is 9.53 Å². The van der Waals surface area contributed by atoms with Gasteiger partial charge in [0.2, 0.25) is 5.88 Å². The van der Waals surface area contributed by atoms with Crippen LogP contribution in [0, 0.1) is 6.92 Å². The van der Waals surface area contributed by atoms with Gasteiger partial charge in [-0.15, -0.1) is 0 Å². The van der Waals surface area contributed by atoms with Crippen LogP contribution in [0.25, 0.3) is 0 Å². The molecule has 20 heavy (non-hydrogen) atoms. The fraction of sp³-hybridized carbons (Fsp3) is 0.214. The van der Waals surface area contributed by atoms with Crippen molar-refractivity contribution in [3.63, 3.8) is 0 Å².